The van der Waals surface area contributed by atoms with Crippen LogP contribution in [0, 0.1) is 0 Å². The number of alkyl halides is 3. The maximum Gasteiger partial charge on any atom is 0.416 e. The Morgan fingerprint density at radius 1 is 1.20 bits per heavy atom. The Balaban J connectivity index is 2.27. The smallest absolute Gasteiger partial charge is 0.382 e. The van der Waals surface area contributed by atoms with Crippen LogP contribution in [0.4, 0.5) is 18.9 Å². The molecule has 0 unspecified atom stereocenters. The summed E-state index contributed by atoms with van der Waals surface area (Å²) in [5, 5.41) is 3.09. The van der Waals surface area contributed by atoms with E-state index in [1.165, 1.54) is 6.07 Å². The van der Waals surface area contributed by atoms with Gasteiger partial charge in [-0.25, -0.2) is 0 Å². The number of hydrogen-bond acceptors (Lipinski definition) is 1. The van der Waals surface area contributed by atoms with Gasteiger partial charge in [0.25, 0.3) is 0 Å². The lowest BCUT2D eigenvalue weighted by Crippen LogP contribution is -2.07. The van der Waals surface area contributed by atoms with E-state index in [2.05, 4.69) is 5.32 Å². The predicted octanol–water partition coefficient (Wildman–Crippen LogP) is 3.93. The summed E-state index contributed by atoms with van der Waals surface area (Å²) in [4.78, 5) is 0. The fraction of sp³-hybridized carbons (Fsp3) is 0.400. The Morgan fingerprint density at radius 2 is 1.87 bits per heavy atom. The minimum absolute atomic E-state index is 0.105. The molecular formula is C10H9ClF3N. The lowest BCUT2D eigenvalue weighted by Gasteiger charge is -2.10. The molecule has 0 heterocycles. The number of hydrogen-bond donors (Lipinski definition) is 1. The fourth-order valence-electron chi connectivity index (χ4n) is 1.30. The monoisotopic (exact) mass is 235 g/mol. The van der Waals surface area contributed by atoms with Gasteiger partial charge in [0.15, 0.2) is 0 Å². The molecule has 0 saturated heterocycles. The minimum atomic E-state index is -4.34. The molecule has 0 atom stereocenters. The Kier molecular flexibility index (Phi) is 2.54. The van der Waals surface area contributed by atoms with Crippen molar-refractivity contribution in [3.05, 3.63) is 28.8 Å². The summed E-state index contributed by atoms with van der Waals surface area (Å²) in [5.74, 6) is 0. The van der Waals surface area contributed by atoms with Gasteiger partial charge in [-0.1, -0.05) is 11.6 Å². The van der Waals surface area contributed by atoms with Gasteiger partial charge in [0.2, 0.25) is 0 Å². The summed E-state index contributed by atoms with van der Waals surface area (Å²) in [7, 11) is 0. The number of nitrogens with one attached hydrogen (secondary N) is 1. The lowest BCUT2D eigenvalue weighted by molar-refractivity contribution is -0.137. The van der Waals surface area contributed by atoms with Crippen molar-refractivity contribution < 1.29 is 13.2 Å². The first-order valence-corrected chi connectivity index (χ1v) is 4.97. The normalized spacial score (nSPS) is 16.5. The summed E-state index contributed by atoms with van der Waals surface area (Å²) in [6, 6.07) is 3.84. The van der Waals surface area contributed by atoms with Crippen LogP contribution in [0.2, 0.25) is 5.02 Å². The van der Waals surface area contributed by atoms with Crippen molar-refractivity contribution in [1.29, 1.82) is 0 Å². The molecule has 15 heavy (non-hydrogen) atoms. The van der Waals surface area contributed by atoms with Crippen molar-refractivity contribution in [3.63, 3.8) is 0 Å². The zero-order valence-electron chi connectivity index (χ0n) is 7.74. The third-order valence-corrected chi connectivity index (χ3v) is 2.39. The molecule has 0 aromatic heterocycles. The molecule has 0 amide bonds. The highest BCUT2D eigenvalue weighted by molar-refractivity contribution is 6.30. The van der Waals surface area contributed by atoms with E-state index in [0.29, 0.717) is 11.7 Å². The maximum absolute atomic E-state index is 12.4. The highest BCUT2D eigenvalue weighted by Gasteiger charge is 2.31. The Labute approximate surface area is 90.2 Å². The number of benzene rings is 1. The van der Waals surface area contributed by atoms with E-state index in [1.807, 2.05) is 0 Å². The number of halogens is 4. The van der Waals surface area contributed by atoms with Crippen LogP contribution in [0.5, 0.6) is 0 Å². The van der Waals surface area contributed by atoms with Gasteiger partial charge in [-0.15, -0.1) is 0 Å². The molecule has 1 aliphatic carbocycles. The van der Waals surface area contributed by atoms with Gasteiger partial charge < -0.3 is 5.32 Å². The van der Waals surface area contributed by atoms with Gasteiger partial charge in [-0.2, -0.15) is 13.2 Å². The number of anilines is 1. The van der Waals surface area contributed by atoms with Gasteiger partial charge in [0.05, 0.1) is 5.56 Å². The first kappa shape index (κ1) is 10.6. The zero-order chi connectivity index (χ0) is 11.1. The summed E-state index contributed by atoms with van der Waals surface area (Å²) in [6.45, 7) is 0. The molecule has 1 aromatic rings. The molecule has 5 heteroatoms. The van der Waals surface area contributed by atoms with Crippen molar-refractivity contribution in [1.82, 2.24) is 0 Å². The van der Waals surface area contributed by atoms with E-state index >= 15 is 0 Å². The van der Waals surface area contributed by atoms with Crippen LogP contribution >= 0.6 is 11.6 Å². The summed E-state index contributed by atoms with van der Waals surface area (Å²) < 4.78 is 37.2. The molecule has 1 saturated carbocycles. The molecule has 1 aromatic carbocycles. The SMILES string of the molecule is FC(F)(F)c1cc(Cl)cc(NC2CC2)c1. The second-order valence-corrected chi connectivity index (χ2v) is 4.08. The predicted molar refractivity (Wildman–Crippen MR) is 53.1 cm³/mol. The van der Waals surface area contributed by atoms with E-state index in [1.54, 1.807) is 0 Å². The van der Waals surface area contributed by atoms with Crippen LogP contribution in [-0.2, 0) is 6.18 Å². The van der Waals surface area contributed by atoms with Crippen LogP contribution in [-0.4, -0.2) is 6.04 Å². The molecule has 0 spiro atoms. The summed E-state index contributed by atoms with van der Waals surface area (Å²) in [6.07, 6.45) is -2.33. The average molecular weight is 236 g/mol. The first-order valence-electron chi connectivity index (χ1n) is 4.59. The third-order valence-electron chi connectivity index (χ3n) is 2.17. The van der Waals surface area contributed by atoms with E-state index in [-0.39, 0.29) is 5.02 Å². The van der Waals surface area contributed by atoms with Crippen molar-refractivity contribution in [2.24, 2.45) is 0 Å². The quantitative estimate of drug-likeness (QED) is 0.819. The van der Waals surface area contributed by atoms with Crippen LogP contribution < -0.4 is 5.32 Å². The van der Waals surface area contributed by atoms with E-state index in [4.69, 9.17) is 11.6 Å². The highest BCUT2D eigenvalue weighted by atomic mass is 35.5. The molecule has 1 N–H and O–H groups in total. The highest BCUT2D eigenvalue weighted by Crippen LogP contribution is 2.34. The van der Waals surface area contributed by atoms with Crippen LogP contribution in [0.25, 0.3) is 0 Å². The topological polar surface area (TPSA) is 12.0 Å². The van der Waals surface area contributed by atoms with E-state index < -0.39 is 11.7 Å². The first-order chi connectivity index (χ1) is 6.95. The molecule has 82 valence electrons. The number of rotatable bonds is 2. The van der Waals surface area contributed by atoms with Gasteiger partial charge in [0.1, 0.15) is 0 Å². The largest absolute Gasteiger partial charge is 0.416 e. The molecular weight excluding hydrogens is 227 g/mol. The molecule has 0 radical (unpaired) electrons. The van der Waals surface area contributed by atoms with Crippen molar-refractivity contribution >= 4 is 17.3 Å². The van der Waals surface area contributed by atoms with Gasteiger partial charge in [0, 0.05) is 16.8 Å². The van der Waals surface area contributed by atoms with Gasteiger partial charge in [-0.3, -0.25) is 0 Å². The third kappa shape index (κ3) is 2.78. The van der Waals surface area contributed by atoms with Crippen LogP contribution in [0.3, 0.4) is 0 Å². The zero-order valence-corrected chi connectivity index (χ0v) is 8.49. The van der Waals surface area contributed by atoms with Crippen LogP contribution in [0.15, 0.2) is 18.2 Å². The average Bonchev–Trinajstić information content (AvgIpc) is 2.85. The molecule has 0 aliphatic heterocycles. The van der Waals surface area contributed by atoms with E-state index in [9.17, 15) is 13.2 Å². The molecule has 1 fully saturated rings. The summed E-state index contributed by atoms with van der Waals surface area (Å²) >= 11 is 5.62. The summed E-state index contributed by atoms with van der Waals surface area (Å²) in [5.41, 5.74) is -0.268. The Hall–Kier alpha value is -0.900. The van der Waals surface area contributed by atoms with Gasteiger partial charge >= 0.3 is 6.18 Å². The molecule has 2 rings (SSSR count). The minimum Gasteiger partial charge on any atom is -0.382 e. The van der Waals surface area contributed by atoms with Crippen LogP contribution in [0.1, 0.15) is 18.4 Å². The Bertz CT molecular complexity index is 371. The van der Waals surface area contributed by atoms with Crippen molar-refractivity contribution in [2.45, 2.75) is 25.1 Å². The second-order valence-electron chi connectivity index (χ2n) is 3.64. The fourth-order valence-corrected chi connectivity index (χ4v) is 1.54. The van der Waals surface area contributed by atoms with E-state index in [0.717, 1.165) is 25.0 Å². The van der Waals surface area contributed by atoms with Crippen molar-refractivity contribution in [2.75, 3.05) is 5.32 Å². The second kappa shape index (κ2) is 3.59. The molecule has 1 aliphatic rings. The maximum atomic E-state index is 12.4. The molecule has 1 nitrogen and oxygen atoms in total. The standard InChI is InChI=1S/C10H9ClF3N/c11-7-3-6(10(12,13)14)4-9(5-7)15-8-1-2-8/h3-5,8,15H,1-2H2. The van der Waals surface area contributed by atoms with Gasteiger partial charge in [-0.05, 0) is 31.0 Å². The molecule has 0 bridgehead atoms. The Morgan fingerprint density at radius 3 is 2.40 bits per heavy atom. The lowest BCUT2D eigenvalue weighted by atomic mass is 10.2. The van der Waals surface area contributed by atoms with Crippen molar-refractivity contribution in [3.8, 4) is 0 Å².